The monoisotopic (exact) mass is 402 g/mol. The molecular weight excluding hydrogens is 378 g/mol. The minimum absolute atomic E-state index is 0.0210. The van der Waals surface area contributed by atoms with E-state index in [2.05, 4.69) is 20.3 Å². The molecule has 1 fully saturated rings. The zero-order valence-electron chi connectivity index (χ0n) is 15.1. The van der Waals surface area contributed by atoms with E-state index in [0.29, 0.717) is 43.6 Å². The maximum Gasteiger partial charge on any atom is 0.387 e. The molecule has 1 amide bonds. The maximum absolute atomic E-state index is 12.2. The van der Waals surface area contributed by atoms with Gasteiger partial charge in [0, 0.05) is 45.5 Å². The number of alkyl halides is 2. The van der Waals surface area contributed by atoms with Crippen LogP contribution in [0, 0.1) is 0 Å². The van der Waals surface area contributed by atoms with Crippen LogP contribution < -0.4 is 15.4 Å². The molecule has 1 aromatic carbocycles. The van der Waals surface area contributed by atoms with Crippen molar-refractivity contribution in [3.63, 3.8) is 0 Å². The summed E-state index contributed by atoms with van der Waals surface area (Å²) in [6.07, 6.45) is 0. The number of amides is 1. The third-order valence-electron chi connectivity index (χ3n) is 3.99. The van der Waals surface area contributed by atoms with Crippen molar-refractivity contribution in [2.45, 2.75) is 6.61 Å². The Morgan fingerprint density at radius 3 is 2.48 bits per heavy atom. The fourth-order valence-electron chi connectivity index (χ4n) is 2.58. The summed E-state index contributed by atoms with van der Waals surface area (Å²) < 4.78 is 33.5. The first-order valence-corrected chi connectivity index (χ1v) is 8.97. The molecule has 1 aliphatic heterocycles. The van der Waals surface area contributed by atoms with E-state index in [1.807, 2.05) is 4.90 Å². The van der Waals surface area contributed by atoms with E-state index in [0.717, 1.165) is 13.1 Å². The number of rotatable bonds is 8. The van der Waals surface area contributed by atoms with Gasteiger partial charge < -0.3 is 25.0 Å². The van der Waals surface area contributed by atoms with E-state index in [1.54, 1.807) is 19.2 Å². The lowest BCUT2D eigenvalue weighted by Gasteiger charge is -2.35. The average Bonchev–Trinajstić information content (AvgIpc) is 2.63. The predicted octanol–water partition coefficient (Wildman–Crippen LogP) is 1.37. The van der Waals surface area contributed by atoms with Crippen molar-refractivity contribution in [3.05, 3.63) is 24.3 Å². The van der Waals surface area contributed by atoms with Crippen LogP contribution >= 0.6 is 12.2 Å². The molecule has 0 saturated carbocycles. The van der Waals surface area contributed by atoms with Crippen LogP contribution in [-0.2, 0) is 9.53 Å². The molecule has 2 rings (SSSR count). The number of hydrogen-bond acceptors (Lipinski definition) is 5. The number of carbonyl (C=O) groups excluding carboxylic acids is 1. The fraction of sp³-hybridized carbons (Fsp3) is 0.529. The van der Waals surface area contributed by atoms with Crippen molar-refractivity contribution >= 4 is 28.9 Å². The van der Waals surface area contributed by atoms with Crippen LogP contribution in [0.5, 0.6) is 5.75 Å². The molecule has 10 heteroatoms. The van der Waals surface area contributed by atoms with Gasteiger partial charge in [0.2, 0.25) is 5.91 Å². The Morgan fingerprint density at radius 1 is 1.22 bits per heavy atom. The fourth-order valence-corrected chi connectivity index (χ4v) is 2.88. The molecule has 1 aromatic rings. The second-order valence-electron chi connectivity index (χ2n) is 5.94. The Labute approximate surface area is 162 Å². The number of halogens is 2. The Kier molecular flexibility index (Phi) is 8.62. The Balaban J connectivity index is 1.72. The minimum atomic E-state index is -2.84. The summed E-state index contributed by atoms with van der Waals surface area (Å²) in [6.45, 7) is 1.35. The number of piperazine rings is 1. The van der Waals surface area contributed by atoms with Gasteiger partial charge in [-0.2, -0.15) is 8.78 Å². The molecule has 0 aliphatic carbocycles. The topological polar surface area (TPSA) is 66.1 Å². The van der Waals surface area contributed by atoms with Gasteiger partial charge in [0.1, 0.15) is 5.75 Å². The standard InChI is InChI=1S/C17H24F2N4O3S/c1-25-11-6-20-15(24)12-22-7-9-23(10-8-22)17(27)21-13-2-4-14(5-3-13)26-16(18)19/h2-5,16H,6-12H2,1H3,(H,20,24)(H,21,27). The van der Waals surface area contributed by atoms with E-state index in [4.69, 9.17) is 17.0 Å². The number of thiocarbonyl (C=S) groups is 1. The van der Waals surface area contributed by atoms with Gasteiger partial charge in [-0.25, -0.2) is 0 Å². The molecule has 0 aromatic heterocycles. The molecule has 0 atom stereocenters. The molecule has 1 aliphatic rings. The highest BCUT2D eigenvalue weighted by atomic mass is 32.1. The molecule has 1 heterocycles. The highest BCUT2D eigenvalue weighted by Gasteiger charge is 2.20. The van der Waals surface area contributed by atoms with Crippen molar-refractivity contribution in [2.24, 2.45) is 0 Å². The summed E-state index contributed by atoms with van der Waals surface area (Å²) in [5.74, 6) is 0.0752. The van der Waals surface area contributed by atoms with E-state index in [-0.39, 0.29) is 11.7 Å². The summed E-state index contributed by atoms with van der Waals surface area (Å²) in [6, 6.07) is 6.17. The highest BCUT2D eigenvalue weighted by molar-refractivity contribution is 7.80. The number of nitrogens with one attached hydrogen (secondary N) is 2. The zero-order chi connectivity index (χ0) is 19.6. The van der Waals surface area contributed by atoms with E-state index < -0.39 is 6.61 Å². The number of benzene rings is 1. The summed E-state index contributed by atoms with van der Waals surface area (Å²) >= 11 is 5.41. The first-order chi connectivity index (χ1) is 13.0. The van der Waals surface area contributed by atoms with Gasteiger partial charge in [-0.1, -0.05) is 0 Å². The molecule has 7 nitrogen and oxygen atoms in total. The number of hydrogen-bond donors (Lipinski definition) is 2. The smallest absolute Gasteiger partial charge is 0.387 e. The SMILES string of the molecule is COCCNC(=O)CN1CCN(C(=S)Nc2ccc(OC(F)F)cc2)CC1. The van der Waals surface area contributed by atoms with Crippen molar-refractivity contribution < 1.29 is 23.0 Å². The summed E-state index contributed by atoms with van der Waals surface area (Å²) in [4.78, 5) is 15.9. The number of ether oxygens (including phenoxy) is 2. The lowest BCUT2D eigenvalue weighted by atomic mass is 10.3. The first-order valence-electron chi connectivity index (χ1n) is 8.56. The average molecular weight is 402 g/mol. The molecule has 27 heavy (non-hydrogen) atoms. The van der Waals surface area contributed by atoms with Crippen LogP contribution in [0.3, 0.4) is 0 Å². The van der Waals surface area contributed by atoms with Gasteiger partial charge in [0.05, 0.1) is 13.2 Å². The van der Waals surface area contributed by atoms with Gasteiger partial charge >= 0.3 is 6.61 Å². The third kappa shape index (κ3) is 7.61. The Bertz CT molecular complexity index is 611. The second-order valence-corrected chi connectivity index (χ2v) is 6.33. The van der Waals surface area contributed by atoms with Gasteiger partial charge in [0.15, 0.2) is 5.11 Å². The predicted molar refractivity (Wildman–Crippen MR) is 102 cm³/mol. The lowest BCUT2D eigenvalue weighted by Crippen LogP contribution is -2.52. The summed E-state index contributed by atoms with van der Waals surface area (Å²) in [7, 11) is 1.59. The van der Waals surface area contributed by atoms with E-state index >= 15 is 0 Å². The lowest BCUT2D eigenvalue weighted by molar-refractivity contribution is -0.122. The van der Waals surface area contributed by atoms with E-state index in [1.165, 1.54) is 12.1 Å². The Morgan fingerprint density at radius 2 is 1.89 bits per heavy atom. The molecular formula is C17H24F2N4O3S. The summed E-state index contributed by atoms with van der Waals surface area (Å²) in [5.41, 5.74) is 0.696. The van der Waals surface area contributed by atoms with Gasteiger partial charge in [0.25, 0.3) is 0 Å². The number of anilines is 1. The maximum atomic E-state index is 12.2. The van der Waals surface area contributed by atoms with Crippen LogP contribution in [0.25, 0.3) is 0 Å². The molecule has 150 valence electrons. The molecule has 0 spiro atoms. The molecule has 0 radical (unpaired) electrons. The Hall–Kier alpha value is -2.04. The second kappa shape index (κ2) is 11.0. The minimum Gasteiger partial charge on any atom is -0.435 e. The van der Waals surface area contributed by atoms with Crippen molar-refractivity contribution in [2.75, 3.05) is 58.3 Å². The zero-order valence-corrected chi connectivity index (χ0v) is 15.9. The van der Waals surface area contributed by atoms with Crippen LogP contribution in [0.2, 0.25) is 0 Å². The van der Waals surface area contributed by atoms with Crippen LogP contribution in [-0.4, -0.2) is 80.4 Å². The van der Waals surface area contributed by atoms with E-state index in [9.17, 15) is 13.6 Å². The molecule has 1 saturated heterocycles. The normalized spacial score (nSPS) is 14.9. The molecule has 0 bridgehead atoms. The highest BCUT2D eigenvalue weighted by Crippen LogP contribution is 2.18. The number of methoxy groups -OCH3 is 1. The van der Waals surface area contributed by atoms with Crippen molar-refractivity contribution in [1.29, 1.82) is 0 Å². The van der Waals surface area contributed by atoms with Crippen LogP contribution in [0.1, 0.15) is 0 Å². The molecule has 2 N–H and O–H groups in total. The van der Waals surface area contributed by atoms with Crippen molar-refractivity contribution in [1.82, 2.24) is 15.1 Å². The van der Waals surface area contributed by atoms with Gasteiger partial charge in [-0.15, -0.1) is 0 Å². The largest absolute Gasteiger partial charge is 0.435 e. The van der Waals surface area contributed by atoms with Gasteiger partial charge in [-0.05, 0) is 36.5 Å². The summed E-state index contributed by atoms with van der Waals surface area (Å²) in [5, 5.41) is 6.44. The van der Waals surface area contributed by atoms with Crippen LogP contribution in [0.15, 0.2) is 24.3 Å². The number of carbonyl (C=O) groups is 1. The number of nitrogens with zero attached hydrogens (tertiary/aromatic N) is 2. The third-order valence-corrected chi connectivity index (χ3v) is 4.35. The van der Waals surface area contributed by atoms with Gasteiger partial charge in [-0.3, -0.25) is 9.69 Å². The van der Waals surface area contributed by atoms with Crippen molar-refractivity contribution in [3.8, 4) is 5.75 Å². The molecule has 0 unspecified atom stereocenters. The van der Waals surface area contributed by atoms with Crippen LogP contribution in [0.4, 0.5) is 14.5 Å². The quantitative estimate of drug-likeness (QED) is 0.503. The first kappa shape index (κ1) is 21.3.